The molecular weight excluding hydrogens is 416 g/mol. The van der Waals surface area contributed by atoms with Gasteiger partial charge in [-0.15, -0.1) is 0 Å². The molecule has 0 bridgehead atoms. The second-order valence-corrected chi connectivity index (χ2v) is 9.05. The largest absolute Gasteiger partial charge is 0.345 e. The number of Topliss-reactive ketones (excluding diaryl/α,β-unsaturated/α-hetero) is 1. The molecule has 1 aromatic carbocycles. The molecule has 0 unspecified atom stereocenters. The average molecular weight is 455 g/mol. The summed E-state index contributed by atoms with van der Waals surface area (Å²) < 4.78 is 0. The molecule has 2 aromatic rings. The summed E-state index contributed by atoms with van der Waals surface area (Å²) in [7, 11) is 1.81. The Hall–Kier alpha value is -3.06. The smallest absolute Gasteiger partial charge is 0.238 e. The van der Waals surface area contributed by atoms with Crippen molar-refractivity contribution in [1.29, 1.82) is 0 Å². The fourth-order valence-corrected chi connectivity index (χ4v) is 4.01. The Morgan fingerprint density at radius 2 is 2.03 bits per heavy atom. The lowest BCUT2D eigenvalue weighted by Crippen LogP contribution is -2.42. The number of rotatable bonds is 9. The van der Waals surface area contributed by atoms with E-state index in [0.29, 0.717) is 31.1 Å². The Labute approximate surface area is 198 Å². The molecule has 3 rings (SSSR count). The summed E-state index contributed by atoms with van der Waals surface area (Å²) in [6, 6.07) is 10.00. The van der Waals surface area contributed by atoms with Crippen LogP contribution in [-0.4, -0.2) is 54.2 Å². The number of ketones is 1. The minimum Gasteiger partial charge on any atom is -0.345 e. The van der Waals surface area contributed by atoms with Crippen LogP contribution < -0.4 is 10.6 Å². The predicted molar refractivity (Wildman–Crippen MR) is 134 cm³/mol. The van der Waals surface area contributed by atoms with E-state index in [1.54, 1.807) is 11.1 Å². The molecule has 7 nitrogen and oxygen atoms in total. The third-order valence-corrected chi connectivity index (χ3v) is 6.03. The summed E-state index contributed by atoms with van der Waals surface area (Å²) in [4.78, 5) is 43.2. The molecular formula is C26H38N4O3. The van der Waals surface area contributed by atoms with Crippen LogP contribution in [0.25, 0.3) is 11.1 Å². The number of piperidine rings is 1. The predicted octanol–water partition coefficient (Wildman–Crippen LogP) is 4.04. The van der Waals surface area contributed by atoms with Crippen LogP contribution in [0.5, 0.6) is 0 Å². The molecule has 180 valence electrons. The lowest BCUT2D eigenvalue weighted by molar-refractivity contribution is -0.133. The molecule has 33 heavy (non-hydrogen) atoms. The summed E-state index contributed by atoms with van der Waals surface area (Å²) in [6.45, 7) is 7.22. The molecule has 1 aliphatic heterocycles. The van der Waals surface area contributed by atoms with Gasteiger partial charge in [0.05, 0.1) is 12.2 Å². The molecule has 1 saturated heterocycles. The topological polar surface area (TPSA) is 91.4 Å². The lowest BCUT2D eigenvalue weighted by Gasteiger charge is -2.29. The van der Waals surface area contributed by atoms with Crippen molar-refractivity contribution in [3.05, 3.63) is 47.8 Å². The van der Waals surface area contributed by atoms with E-state index < -0.39 is 0 Å². The average Bonchev–Trinajstić information content (AvgIpc) is 2.81. The van der Waals surface area contributed by atoms with Crippen LogP contribution in [0.4, 0.5) is 5.69 Å². The zero-order valence-corrected chi connectivity index (χ0v) is 20.0. The van der Waals surface area contributed by atoms with Gasteiger partial charge in [-0.3, -0.25) is 19.4 Å². The van der Waals surface area contributed by atoms with Crippen LogP contribution in [0.1, 0.15) is 52.5 Å². The van der Waals surface area contributed by atoms with Crippen LogP contribution in [-0.2, 0) is 16.0 Å². The fraction of sp³-hybridized carbons (Fsp3) is 0.462. The van der Waals surface area contributed by atoms with Crippen LogP contribution in [0, 0.1) is 11.8 Å². The number of aromatic nitrogens is 1. The summed E-state index contributed by atoms with van der Waals surface area (Å²) in [5, 5.41) is 6.08. The molecule has 0 spiro atoms. The van der Waals surface area contributed by atoms with E-state index in [1.165, 1.54) is 5.56 Å². The number of anilines is 1. The van der Waals surface area contributed by atoms with E-state index in [4.69, 9.17) is 0 Å². The minimum atomic E-state index is -0.230. The van der Waals surface area contributed by atoms with Crippen LogP contribution in [0.3, 0.4) is 0 Å². The van der Waals surface area contributed by atoms with Crippen LogP contribution in [0.2, 0.25) is 0 Å². The van der Waals surface area contributed by atoms with Crippen molar-refractivity contribution < 1.29 is 17.2 Å². The second kappa shape index (κ2) is 11.2. The van der Waals surface area contributed by atoms with Gasteiger partial charge in [0.1, 0.15) is 5.69 Å². The number of hydrogen-bond acceptors (Lipinski definition) is 5. The Kier molecular flexibility index (Phi) is 8.33. The maximum Gasteiger partial charge on any atom is 0.238 e. The first-order valence-corrected chi connectivity index (χ1v) is 11.7. The maximum absolute atomic E-state index is 12.7. The summed E-state index contributed by atoms with van der Waals surface area (Å²) in [5.41, 5.74) is 3.77. The van der Waals surface area contributed by atoms with Crippen molar-refractivity contribution in [2.45, 2.75) is 40.0 Å². The van der Waals surface area contributed by atoms with E-state index in [2.05, 4.69) is 34.7 Å². The van der Waals surface area contributed by atoms with Gasteiger partial charge in [-0.1, -0.05) is 45.0 Å². The zero-order valence-electron chi connectivity index (χ0n) is 20.0. The number of pyridine rings is 1. The number of nitrogens with one attached hydrogen (secondary N) is 2. The number of aryl methyl sites for hydroxylation is 1. The van der Waals surface area contributed by atoms with Crippen molar-refractivity contribution in [3.63, 3.8) is 0 Å². The molecule has 0 radical (unpaired) electrons. The Morgan fingerprint density at radius 3 is 2.73 bits per heavy atom. The number of nitrogens with zero attached hydrogens (tertiary/aromatic N) is 2. The second-order valence-electron chi connectivity index (χ2n) is 9.05. The molecule has 0 aliphatic carbocycles. The van der Waals surface area contributed by atoms with Crippen molar-refractivity contribution >= 4 is 23.3 Å². The molecule has 1 aromatic heterocycles. The van der Waals surface area contributed by atoms with Gasteiger partial charge in [-0.2, -0.15) is 0 Å². The molecule has 0 saturated carbocycles. The highest BCUT2D eigenvalue weighted by Crippen LogP contribution is 2.26. The van der Waals surface area contributed by atoms with E-state index in [0.717, 1.165) is 24.0 Å². The highest BCUT2D eigenvalue weighted by Gasteiger charge is 2.23. The van der Waals surface area contributed by atoms with E-state index in [1.807, 2.05) is 39.1 Å². The van der Waals surface area contributed by atoms with Gasteiger partial charge in [0.15, 0.2) is 5.78 Å². The van der Waals surface area contributed by atoms with Crippen LogP contribution >= 0.6 is 0 Å². The highest BCUT2D eigenvalue weighted by atomic mass is 16.2. The van der Waals surface area contributed by atoms with E-state index in [-0.39, 0.29) is 38.6 Å². The van der Waals surface area contributed by atoms with Gasteiger partial charge in [0.25, 0.3) is 0 Å². The van der Waals surface area contributed by atoms with Gasteiger partial charge in [0, 0.05) is 47.1 Å². The zero-order chi connectivity index (χ0) is 24.0. The quantitative estimate of drug-likeness (QED) is 0.558. The molecule has 7 heteroatoms. The normalized spacial score (nSPS) is 16.2. The molecule has 2 heterocycles. The lowest BCUT2D eigenvalue weighted by atomic mass is 9.98. The molecule has 2 N–H and O–H groups in total. The Morgan fingerprint density at radius 1 is 1.24 bits per heavy atom. The molecule has 1 fully saturated rings. The fourth-order valence-electron chi connectivity index (χ4n) is 4.01. The third kappa shape index (κ3) is 6.48. The van der Waals surface area contributed by atoms with Gasteiger partial charge in [-0.25, -0.2) is 0 Å². The van der Waals surface area contributed by atoms with E-state index in [9.17, 15) is 14.4 Å². The SMILES string of the molecule is CCc1cccc(-c2cnc(C(=O)C(C)C)c(NC(=O)CNC[C@H]3CCC(=O)N(C)C3)c2)c1.[HH].[HH]. The summed E-state index contributed by atoms with van der Waals surface area (Å²) >= 11 is 0. The van der Waals surface area contributed by atoms with Crippen molar-refractivity contribution in [3.8, 4) is 11.1 Å². The monoisotopic (exact) mass is 454 g/mol. The maximum atomic E-state index is 12.7. The Bertz CT molecular complexity index is 1030. The summed E-state index contributed by atoms with van der Waals surface area (Å²) in [6.07, 6.45) is 3.99. The first kappa shape index (κ1) is 24.6. The Balaban J connectivity index is 0.00000306. The first-order valence-electron chi connectivity index (χ1n) is 11.7. The molecule has 1 atom stereocenters. The van der Waals surface area contributed by atoms with Crippen molar-refractivity contribution in [2.24, 2.45) is 11.8 Å². The van der Waals surface area contributed by atoms with Crippen molar-refractivity contribution in [1.82, 2.24) is 15.2 Å². The number of hydrogen-bond donors (Lipinski definition) is 2. The third-order valence-electron chi connectivity index (χ3n) is 6.03. The number of benzene rings is 1. The van der Waals surface area contributed by atoms with Crippen LogP contribution in [0.15, 0.2) is 36.5 Å². The summed E-state index contributed by atoms with van der Waals surface area (Å²) in [5.74, 6) is -0.0690. The van der Waals surface area contributed by atoms with Gasteiger partial charge >= 0.3 is 0 Å². The van der Waals surface area contributed by atoms with Gasteiger partial charge < -0.3 is 15.5 Å². The molecule has 2 amide bonds. The van der Waals surface area contributed by atoms with Crippen molar-refractivity contribution in [2.75, 3.05) is 32.0 Å². The van der Waals surface area contributed by atoms with Gasteiger partial charge in [-0.05, 0) is 36.0 Å². The molecule has 1 aliphatic rings. The van der Waals surface area contributed by atoms with Gasteiger partial charge in [0.2, 0.25) is 11.8 Å². The van der Waals surface area contributed by atoms with E-state index >= 15 is 0 Å². The standard InChI is InChI=1S/C26H34N4O3.2H2/c1-5-18-7-6-8-20(11-18)21-12-22(25(28-14-21)26(33)17(2)3)29-23(31)15-27-13-19-9-10-24(32)30(4)16-19;;/h6-8,11-12,14,17,19,27H,5,9-10,13,15-16H2,1-4H3,(H,29,31);2*1H/t19-;;/m1../s1. The highest BCUT2D eigenvalue weighted by molar-refractivity contribution is 6.05. The minimum absolute atomic E-state index is 0. The number of carbonyl (C=O) groups excluding carboxylic acids is 3. The number of likely N-dealkylation sites (tertiary alicyclic amines) is 1. The first-order chi connectivity index (χ1) is 15.8. The number of carbonyl (C=O) groups is 3. The number of amides is 2.